The molecule has 0 aliphatic heterocycles. The first-order valence-electron chi connectivity index (χ1n) is 7.61. The van der Waals surface area contributed by atoms with E-state index in [0.29, 0.717) is 5.92 Å². The van der Waals surface area contributed by atoms with Crippen LogP contribution in [-0.4, -0.2) is 4.57 Å². The lowest BCUT2D eigenvalue weighted by molar-refractivity contribution is 0.865. The van der Waals surface area contributed by atoms with Gasteiger partial charge in [0.1, 0.15) is 0 Å². The van der Waals surface area contributed by atoms with Crippen LogP contribution in [-0.2, 0) is 0 Å². The molecule has 0 spiro atoms. The second kappa shape index (κ2) is 6.13. The number of nitrogens with zero attached hydrogens (tertiary/aromatic N) is 1. The van der Waals surface area contributed by atoms with Crippen LogP contribution in [0.4, 0.5) is 0 Å². The molecule has 112 valence electrons. The molecule has 0 radical (unpaired) electrons. The van der Waals surface area contributed by atoms with Gasteiger partial charge in [0.2, 0.25) is 0 Å². The molecule has 2 heteroatoms. The molecule has 2 aromatic carbocycles. The summed E-state index contributed by atoms with van der Waals surface area (Å²) in [6.07, 6.45) is 0. The lowest BCUT2D eigenvalue weighted by Gasteiger charge is -2.14. The van der Waals surface area contributed by atoms with E-state index in [9.17, 15) is 0 Å². The van der Waals surface area contributed by atoms with Crippen LogP contribution in [0.2, 0.25) is 0 Å². The molecule has 0 saturated heterocycles. The summed E-state index contributed by atoms with van der Waals surface area (Å²) in [5.41, 5.74) is 6.28. The SMILES string of the molecule is Cc1ccc(-c2ccc(Br)cc2)n1-c1ccc(C(C)C)cc1. The largest absolute Gasteiger partial charge is 0.314 e. The van der Waals surface area contributed by atoms with Crippen LogP contribution in [0.15, 0.2) is 65.1 Å². The number of rotatable bonds is 3. The molecule has 0 saturated carbocycles. The minimum absolute atomic E-state index is 0.561. The standard InChI is InChI=1S/C20H20BrN/c1-14(2)16-7-11-19(12-8-16)22-15(3)4-13-20(22)17-5-9-18(21)10-6-17/h4-14H,1-3H3. The van der Waals surface area contributed by atoms with Crippen molar-refractivity contribution < 1.29 is 0 Å². The number of hydrogen-bond acceptors (Lipinski definition) is 0. The molecule has 22 heavy (non-hydrogen) atoms. The second-order valence-corrected chi connectivity index (χ2v) is 6.86. The summed E-state index contributed by atoms with van der Waals surface area (Å²) in [5, 5.41) is 0. The zero-order valence-corrected chi connectivity index (χ0v) is 14.8. The maximum Gasteiger partial charge on any atom is 0.0531 e. The monoisotopic (exact) mass is 353 g/mol. The van der Waals surface area contributed by atoms with Crippen LogP contribution in [0.3, 0.4) is 0 Å². The van der Waals surface area contributed by atoms with E-state index in [1.165, 1.54) is 28.2 Å². The molecule has 0 unspecified atom stereocenters. The summed E-state index contributed by atoms with van der Waals surface area (Å²) in [7, 11) is 0. The summed E-state index contributed by atoms with van der Waals surface area (Å²) in [4.78, 5) is 0. The van der Waals surface area contributed by atoms with Crippen molar-refractivity contribution in [1.82, 2.24) is 4.57 Å². The number of halogens is 1. The highest BCUT2D eigenvalue weighted by Gasteiger charge is 2.10. The molecular formula is C20H20BrN. The molecule has 0 fully saturated rings. The Hall–Kier alpha value is -1.80. The lowest BCUT2D eigenvalue weighted by Crippen LogP contribution is -1.99. The summed E-state index contributed by atoms with van der Waals surface area (Å²) in [5.74, 6) is 0.561. The molecule has 1 heterocycles. The first-order valence-corrected chi connectivity index (χ1v) is 8.40. The average molecular weight is 354 g/mol. The summed E-state index contributed by atoms with van der Waals surface area (Å²) < 4.78 is 3.42. The number of aromatic nitrogens is 1. The minimum atomic E-state index is 0.561. The van der Waals surface area contributed by atoms with Crippen molar-refractivity contribution in [3.63, 3.8) is 0 Å². The Morgan fingerprint density at radius 2 is 1.45 bits per heavy atom. The van der Waals surface area contributed by atoms with Gasteiger partial charge in [-0.05, 0) is 60.4 Å². The third kappa shape index (κ3) is 2.89. The summed E-state index contributed by atoms with van der Waals surface area (Å²) in [6.45, 7) is 6.60. The minimum Gasteiger partial charge on any atom is -0.314 e. The van der Waals surface area contributed by atoms with Crippen LogP contribution in [0.1, 0.15) is 31.0 Å². The Labute approximate surface area is 140 Å². The first-order chi connectivity index (χ1) is 10.6. The maximum atomic E-state index is 3.50. The predicted octanol–water partition coefficient (Wildman–Crippen LogP) is 6.34. The van der Waals surface area contributed by atoms with Gasteiger partial charge in [0, 0.05) is 15.9 Å². The first kappa shape index (κ1) is 15.1. The van der Waals surface area contributed by atoms with Gasteiger partial charge >= 0.3 is 0 Å². The van der Waals surface area contributed by atoms with Crippen LogP contribution in [0.25, 0.3) is 16.9 Å². The van der Waals surface area contributed by atoms with Crippen molar-refractivity contribution in [2.45, 2.75) is 26.7 Å². The van der Waals surface area contributed by atoms with Crippen LogP contribution >= 0.6 is 15.9 Å². The molecule has 1 aromatic heterocycles. The zero-order chi connectivity index (χ0) is 15.7. The van der Waals surface area contributed by atoms with Crippen molar-refractivity contribution in [3.8, 4) is 16.9 Å². The maximum absolute atomic E-state index is 3.50. The molecule has 1 nitrogen and oxygen atoms in total. The molecule has 3 rings (SSSR count). The molecule has 0 amide bonds. The van der Waals surface area contributed by atoms with Crippen molar-refractivity contribution >= 4 is 15.9 Å². The zero-order valence-electron chi connectivity index (χ0n) is 13.2. The van der Waals surface area contributed by atoms with Gasteiger partial charge < -0.3 is 4.57 Å². The highest BCUT2D eigenvalue weighted by Crippen LogP contribution is 2.28. The van der Waals surface area contributed by atoms with Gasteiger partial charge in [-0.3, -0.25) is 0 Å². The van der Waals surface area contributed by atoms with E-state index in [0.717, 1.165) is 4.47 Å². The van der Waals surface area contributed by atoms with Crippen molar-refractivity contribution in [2.24, 2.45) is 0 Å². The van der Waals surface area contributed by atoms with E-state index in [-0.39, 0.29) is 0 Å². The van der Waals surface area contributed by atoms with Crippen molar-refractivity contribution in [1.29, 1.82) is 0 Å². The Morgan fingerprint density at radius 3 is 2.05 bits per heavy atom. The Balaban J connectivity index is 2.07. The molecule has 0 atom stereocenters. The highest BCUT2D eigenvalue weighted by atomic mass is 79.9. The predicted molar refractivity (Wildman–Crippen MR) is 97.7 cm³/mol. The Morgan fingerprint density at radius 1 is 0.818 bits per heavy atom. The molecule has 0 aliphatic rings. The van der Waals surface area contributed by atoms with E-state index in [1.54, 1.807) is 0 Å². The van der Waals surface area contributed by atoms with Gasteiger partial charge in [0.15, 0.2) is 0 Å². The third-order valence-corrected chi connectivity index (χ3v) is 4.56. The topological polar surface area (TPSA) is 4.93 Å². The third-order valence-electron chi connectivity index (χ3n) is 4.03. The number of hydrogen-bond donors (Lipinski definition) is 0. The van der Waals surface area contributed by atoms with Gasteiger partial charge in [-0.15, -0.1) is 0 Å². The molecule has 3 aromatic rings. The van der Waals surface area contributed by atoms with Crippen LogP contribution in [0, 0.1) is 6.92 Å². The van der Waals surface area contributed by atoms with E-state index < -0.39 is 0 Å². The second-order valence-electron chi connectivity index (χ2n) is 5.95. The average Bonchev–Trinajstić information content (AvgIpc) is 2.90. The van der Waals surface area contributed by atoms with E-state index in [4.69, 9.17) is 0 Å². The van der Waals surface area contributed by atoms with Gasteiger partial charge in [-0.1, -0.05) is 54.0 Å². The quantitative estimate of drug-likeness (QED) is 0.517. The van der Waals surface area contributed by atoms with E-state index >= 15 is 0 Å². The highest BCUT2D eigenvalue weighted by molar-refractivity contribution is 9.10. The smallest absolute Gasteiger partial charge is 0.0531 e. The van der Waals surface area contributed by atoms with Crippen molar-refractivity contribution in [2.75, 3.05) is 0 Å². The fourth-order valence-corrected chi connectivity index (χ4v) is 3.00. The number of benzene rings is 2. The van der Waals surface area contributed by atoms with Crippen molar-refractivity contribution in [3.05, 3.63) is 76.4 Å². The number of aryl methyl sites for hydroxylation is 1. The fraction of sp³-hybridized carbons (Fsp3) is 0.200. The van der Waals surface area contributed by atoms with Gasteiger partial charge in [0.25, 0.3) is 0 Å². The van der Waals surface area contributed by atoms with Gasteiger partial charge in [-0.2, -0.15) is 0 Å². The lowest BCUT2D eigenvalue weighted by atomic mass is 10.0. The Kier molecular flexibility index (Phi) is 4.21. The van der Waals surface area contributed by atoms with Crippen LogP contribution < -0.4 is 0 Å². The van der Waals surface area contributed by atoms with E-state index in [2.05, 4.69) is 102 Å². The summed E-state index contributed by atoms with van der Waals surface area (Å²) in [6, 6.07) is 21.7. The molecule has 0 aliphatic carbocycles. The van der Waals surface area contributed by atoms with Gasteiger partial charge in [0.05, 0.1) is 5.69 Å². The molecule has 0 N–H and O–H groups in total. The molecule has 0 bridgehead atoms. The fourth-order valence-electron chi connectivity index (χ4n) is 2.74. The van der Waals surface area contributed by atoms with Crippen LogP contribution in [0.5, 0.6) is 0 Å². The molecular weight excluding hydrogens is 334 g/mol. The van der Waals surface area contributed by atoms with Gasteiger partial charge in [-0.25, -0.2) is 0 Å². The summed E-state index contributed by atoms with van der Waals surface area (Å²) >= 11 is 3.50. The normalized spacial score (nSPS) is 11.1. The Bertz CT molecular complexity index is 764. The van der Waals surface area contributed by atoms with E-state index in [1.807, 2.05) is 0 Å².